The molecule has 2 aliphatic carbocycles. The third kappa shape index (κ3) is 4.34. The summed E-state index contributed by atoms with van der Waals surface area (Å²) in [6.45, 7) is 6.84. The van der Waals surface area contributed by atoms with Crippen molar-refractivity contribution in [2.24, 2.45) is 0 Å². The van der Waals surface area contributed by atoms with Crippen LogP contribution in [0.15, 0.2) is 30.3 Å². The Labute approximate surface area is 154 Å². The van der Waals surface area contributed by atoms with Gasteiger partial charge in [0.1, 0.15) is 16.9 Å². The molecule has 0 fully saturated rings. The van der Waals surface area contributed by atoms with E-state index in [1.165, 1.54) is 0 Å². The largest absolute Gasteiger partial charge is 0.492 e. The topological polar surface area (TPSA) is 61.8 Å². The molecule has 0 aromatic carbocycles. The smallest absolute Gasteiger partial charge is 0.342 e. The molecule has 5 nitrogen and oxygen atoms in total. The lowest BCUT2D eigenvalue weighted by atomic mass is 10.1. The van der Waals surface area contributed by atoms with Crippen LogP contribution in [0.4, 0.5) is 0 Å². The Morgan fingerprint density at radius 2 is 1.19 bits per heavy atom. The third-order valence-corrected chi connectivity index (χ3v) is 3.76. The minimum absolute atomic E-state index is 0.259. The Morgan fingerprint density at radius 3 is 1.62 bits per heavy atom. The van der Waals surface area contributed by atoms with E-state index in [0.29, 0.717) is 54.9 Å². The van der Waals surface area contributed by atoms with Crippen molar-refractivity contribution in [3.8, 4) is 16.9 Å². The van der Waals surface area contributed by atoms with Crippen molar-refractivity contribution in [3.05, 3.63) is 41.5 Å². The van der Waals surface area contributed by atoms with E-state index in [9.17, 15) is 9.59 Å². The lowest BCUT2D eigenvalue weighted by Crippen LogP contribution is -2.11. The van der Waals surface area contributed by atoms with Gasteiger partial charge in [0.2, 0.25) is 0 Å². The zero-order valence-electron chi connectivity index (χ0n) is 15.7. The molecule has 0 saturated carbocycles. The Kier molecular flexibility index (Phi) is 7.45. The van der Waals surface area contributed by atoms with E-state index >= 15 is 0 Å². The molecular weight excluding hydrogens is 332 g/mol. The highest BCUT2D eigenvalue weighted by Gasteiger charge is 2.33. The van der Waals surface area contributed by atoms with Gasteiger partial charge in [0, 0.05) is 11.1 Å². The summed E-state index contributed by atoms with van der Waals surface area (Å²) in [5, 5.41) is 0. The number of carbonyl (C=O) groups excluding carboxylic acids is 2. The molecule has 2 rings (SSSR count). The van der Waals surface area contributed by atoms with E-state index in [1.54, 1.807) is 12.1 Å². The average Bonchev–Trinajstić information content (AvgIpc) is 2.78. The highest BCUT2D eigenvalue weighted by atomic mass is 16.5. The highest BCUT2D eigenvalue weighted by Crippen LogP contribution is 2.43. The fraction of sp³-hybridized carbons (Fsp3) is 0.429. The molecule has 26 heavy (non-hydrogen) atoms. The van der Waals surface area contributed by atoms with E-state index in [1.807, 2.05) is 39.0 Å². The van der Waals surface area contributed by atoms with Crippen LogP contribution < -0.4 is 4.74 Å². The van der Waals surface area contributed by atoms with Gasteiger partial charge in [-0.25, -0.2) is 9.59 Å². The van der Waals surface area contributed by atoms with Crippen LogP contribution in [0, 0.1) is 0 Å². The summed E-state index contributed by atoms with van der Waals surface area (Å²) in [7, 11) is 0. The number of ether oxygens (including phenoxy) is 3. The van der Waals surface area contributed by atoms with Crippen LogP contribution in [0.2, 0.25) is 0 Å². The molecule has 2 aliphatic rings. The molecule has 0 N–H and O–H groups in total. The Hall–Kier alpha value is -2.56. The molecule has 0 aromatic rings. The summed E-state index contributed by atoms with van der Waals surface area (Å²) in [5.74, 6) is -0.706. The zero-order valence-corrected chi connectivity index (χ0v) is 15.7. The van der Waals surface area contributed by atoms with Crippen molar-refractivity contribution in [1.82, 2.24) is 0 Å². The molecule has 0 amide bonds. The molecule has 0 radical (unpaired) electrons. The van der Waals surface area contributed by atoms with Crippen LogP contribution in [0.25, 0.3) is 11.1 Å². The van der Waals surface area contributed by atoms with Gasteiger partial charge in [-0.3, -0.25) is 0 Å². The normalized spacial score (nSPS) is 10.6. The number of rotatable bonds is 9. The first-order chi connectivity index (χ1) is 12.7. The quantitative estimate of drug-likeness (QED) is 0.607. The van der Waals surface area contributed by atoms with Gasteiger partial charge < -0.3 is 14.2 Å². The lowest BCUT2D eigenvalue weighted by Gasteiger charge is -2.10. The van der Waals surface area contributed by atoms with Crippen molar-refractivity contribution in [3.63, 3.8) is 0 Å². The molecule has 140 valence electrons. The van der Waals surface area contributed by atoms with E-state index < -0.39 is 11.9 Å². The monoisotopic (exact) mass is 358 g/mol. The maximum atomic E-state index is 12.7. The van der Waals surface area contributed by atoms with Gasteiger partial charge in [-0.05, 0) is 19.3 Å². The minimum atomic E-state index is -0.483. The van der Waals surface area contributed by atoms with Crippen LogP contribution >= 0.6 is 0 Å². The highest BCUT2D eigenvalue weighted by molar-refractivity contribution is 6.12. The molecule has 0 bridgehead atoms. The van der Waals surface area contributed by atoms with Gasteiger partial charge in [-0.2, -0.15) is 0 Å². The molecule has 0 atom stereocenters. The Bertz CT molecular complexity index is 668. The summed E-state index contributed by atoms with van der Waals surface area (Å²) in [5.41, 5.74) is 1.85. The Morgan fingerprint density at radius 1 is 0.731 bits per heavy atom. The average molecular weight is 358 g/mol. The van der Waals surface area contributed by atoms with Crippen molar-refractivity contribution >= 4 is 11.9 Å². The van der Waals surface area contributed by atoms with Crippen molar-refractivity contribution < 1.29 is 23.8 Å². The van der Waals surface area contributed by atoms with Crippen LogP contribution in [0.3, 0.4) is 0 Å². The van der Waals surface area contributed by atoms with Crippen LogP contribution in [0.1, 0.15) is 60.7 Å². The lowest BCUT2D eigenvalue weighted by molar-refractivity contribution is 0.0499. The van der Waals surface area contributed by atoms with Crippen LogP contribution in [0.5, 0.6) is 5.75 Å². The molecule has 0 spiro atoms. The summed E-state index contributed by atoms with van der Waals surface area (Å²) in [6, 6.07) is 9.09. The molecule has 0 heterocycles. The molecule has 0 unspecified atom stereocenters. The molecule has 0 aromatic heterocycles. The number of carbonyl (C=O) groups is 2. The fourth-order valence-corrected chi connectivity index (χ4v) is 2.64. The summed E-state index contributed by atoms with van der Waals surface area (Å²) >= 11 is 0. The molecular formula is C21H26O5. The van der Waals surface area contributed by atoms with E-state index in [-0.39, 0.29) is 5.75 Å². The summed E-state index contributed by atoms with van der Waals surface area (Å²) in [6.07, 6.45) is 2.19. The summed E-state index contributed by atoms with van der Waals surface area (Å²) < 4.78 is 16.5. The molecule has 0 aliphatic heterocycles. The van der Waals surface area contributed by atoms with Crippen molar-refractivity contribution in [1.29, 1.82) is 0 Å². The van der Waals surface area contributed by atoms with Gasteiger partial charge in [0.25, 0.3) is 0 Å². The predicted octanol–water partition coefficient (Wildman–Crippen LogP) is 4.71. The second-order valence-corrected chi connectivity index (χ2v) is 5.94. The van der Waals surface area contributed by atoms with Gasteiger partial charge >= 0.3 is 11.9 Å². The van der Waals surface area contributed by atoms with E-state index in [0.717, 1.165) is 6.42 Å². The minimum Gasteiger partial charge on any atom is -0.492 e. The fourth-order valence-electron chi connectivity index (χ4n) is 2.64. The van der Waals surface area contributed by atoms with E-state index in [4.69, 9.17) is 14.2 Å². The number of fused-ring (bicyclic) bond motifs is 1. The molecule has 5 heteroatoms. The second kappa shape index (κ2) is 9.80. The third-order valence-electron chi connectivity index (χ3n) is 3.76. The van der Waals surface area contributed by atoms with Crippen LogP contribution in [-0.2, 0) is 9.47 Å². The SMILES string of the molecule is CCCOC(=O)c1c2cccccc-2c(C(=O)OCCC)c1OCCC. The Balaban J connectivity index is 2.63. The first-order valence-electron chi connectivity index (χ1n) is 9.17. The molecule has 0 saturated heterocycles. The number of esters is 2. The van der Waals surface area contributed by atoms with Gasteiger partial charge in [0.15, 0.2) is 0 Å². The number of hydrogen-bond donors (Lipinski definition) is 0. The van der Waals surface area contributed by atoms with Gasteiger partial charge in [0.05, 0.1) is 19.8 Å². The second-order valence-electron chi connectivity index (χ2n) is 5.94. The standard InChI is InChI=1S/C21H26O5/c1-4-12-24-19-17(20(22)25-13-5-2)15-10-8-7-9-11-16(15)18(19)21(23)26-14-6-3/h7-11H,4-6,12-14H2,1-3H3. The van der Waals surface area contributed by atoms with Gasteiger partial charge in [-0.1, -0.05) is 51.1 Å². The van der Waals surface area contributed by atoms with E-state index in [2.05, 4.69) is 0 Å². The maximum absolute atomic E-state index is 12.7. The van der Waals surface area contributed by atoms with Crippen molar-refractivity contribution in [2.45, 2.75) is 40.0 Å². The predicted molar refractivity (Wildman–Crippen MR) is 100.0 cm³/mol. The summed E-state index contributed by atoms with van der Waals surface area (Å²) in [4.78, 5) is 25.4. The number of hydrogen-bond acceptors (Lipinski definition) is 5. The maximum Gasteiger partial charge on any atom is 0.342 e. The van der Waals surface area contributed by atoms with Crippen LogP contribution in [-0.4, -0.2) is 31.8 Å². The zero-order chi connectivity index (χ0) is 18.9. The van der Waals surface area contributed by atoms with Gasteiger partial charge in [-0.15, -0.1) is 0 Å². The first-order valence-corrected chi connectivity index (χ1v) is 9.17. The van der Waals surface area contributed by atoms with Crippen molar-refractivity contribution in [2.75, 3.05) is 19.8 Å². The first kappa shape index (κ1) is 19.8.